The van der Waals surface area contributed by atoms with E-state index in [1.165, 1.54) is 11.1 Å². The number of anilines is 1. The Kier molecular flexibility index (Phi) is 3.15. The number of aromatic nitrogens is 2. The highest BCUT2D eigenvalue weighted by molar-refractivity contribution is 5.48. The summed E-state index contributed by atoms with van der Waals surface area (Å²) in [5.41, 5.74) is 4.83. The first-order valence-electron chi connectivity index (χ1n) is 5.31. The first-order chi connectivity index (χ1) is 7.75. The lowest BCUT2D eigenvalue weighted by atomic mass is 10.1. The summed E-state index contributed by atoms with van der Waals surface area (Å²) in [6.45, 7) is 4.99. The quantitative estimate of drug-likeness (QED) is 0.851. The van der Waals surface area contributed by atoms with Crippen LogP contribution in [0.2, 0.25) is 0 Å². The van der Waals surface area contributed by atoms with Crippen molar-refractivity contribution in [2.24, 2.45) is 0 Å². The zero-order valence-electron chi connectivity index (χ0n) is 9.57. The maximum atomic E-state index is 3.98. The highest BCUT2D eigenvalue weighted by Crippen LogP contribution is 2.14. The van der Waals surface area contributed by atoms with Gasteiger partial charge in [-0.3, -0.25) is 0 Å². The normalized spacial score (nSPS) is 10.1. The molecule has 1 aromatic carbocycles. The minimum absolute atomic E-state index is 0.753. The van der Waals surface area contributed by atoms with Gasteiger partial charge in [-0.1, -0.05) is 6.07 Å². The summed E-state index contributed by atoms with van der Waals surface area (Å²) in [5, 5.41) is 3.35. The molecule has 0 fully saturated rings. The van der Waals surface area contributed by atoms with E-state index in [9.17, 15) is 0 Å². The maximum Gasteiger partial charge on any atom is 0.115 e. The molecule has 82 valence electrons. The lowest BCUT2D eigenvalue weighted by Gasteiger charge is -2.08. The van der Waals surface area contributed by atoms with Gasteiger partial charge < -0.3 is 5.32 Å². The van der Waals surface area contributed by atoms with Gasteiger partial charge in [0.2, 0.25) is 0 Å². The van der Waals surface area contributed by atoms with E-state index < -0.39 is 0 Å². The molecular formula is C13H15N3. The van der Waals surface area contributed by atoms with Gasteiger partial charge in [0.1, 0.15) is 6.33 Å². The van der Waals surface area contributed by atoms with Crippen molar-refractivity contribution in [1.29, 1.82) is 0 Å². The van der Waals surface area contributed by atoms with Crippen molar-refractivity contribution in [2.45, 2.75) is 20.4 Å². The summed E-state index contributed by atoms with van der Waals surface area (Å²) < 4.78 is 0. The molecule has 1 aromatic heterocycles. The SMILES string of the molecule is Cc1ccc(NCc2cncnc2)cc1C. The van der Waals surface area contributed by atoms with Crippen molar-refractivity contribution in [1.82, 2.24) is 9.97 Å². The average Bonchev–Trinajstić information content (AvgIpc) is 2.32. The van der Waals surface area contributed by atoms with E-state index in [-0.39, 0.29) is 0 Å². The fraction of sp³-hybridized carbons (Fsp3) is 0.231. The topological polar surface area (TPSA) is 37.8 Å². The molecule has 0 aliphatic carbocycles. The van der Waals surface area contributed by atoms with Crippen LogP contribution >= 0.6 is 0 Å². The molecule has 0 radical (unpaired) electrons. The Balaban J connectivity index is 2.03. The van der Waals surface area contributed by atoms with Crippen LogP contribution in [0.3, 0.4) is 0 Å². The molecule has 16 heavy (non-hydrogen) atoms. The summed E-state index contributed by atoms with van der Waals surface area (Å²) >= 11 is 0. The molecule has 0 saturated heterocycles. The standard InChI is InChI=1S/C13H15N3/c1-10-3-4-13(5-11(10)2)16-8-12-6-14-9-15-7-12/h3-7,9,16H,8H2,1-2H3. The van der Waals surface area contributed by atoms with Gasteiger partial charge >= 0.3 is 0 Å². The molecule has 1 heterocycles. The van der Waals surface area contributed by atoms with Crippen LogP contribution in [0.1, 0.15) is 16.7 Å². The lowest BCUT2D eigenvalue weighted by molar-refractivity contribution is 1.05. The van der Waals surface area contributed by atoms with Crippen LogP contribution in [0.4, 0.5) is 5.69 Å². The highest BCUT2D eigenvalue weighted by atomic mass is 14.9. The fourth-order valence-electron chi connectivity index (χ4n) is 1.48. The molecule has 0 bridgehead atoms. The third-order valence-electron chi connectivity index (χ3n) is 2.62. The van der Waals surface area contributed by atoms with Crippen LogP contribution in [-0.2, 0) is 6.54 Å². The summed E-state index contributed by atoms with van der Waals surface area (Å²) in [7, 11) is 0. The van der Waals surface area contributed by atoms with Gasteiger partial charge in [0.15, 0.2) is 0 Å². The highest BCUT2D eigenvalue weighted by Gasteiger charge is 1.96. The summed E-state index contributed by atoms with van der Waals surface area (Å²) in [4.78, 5) is 7.96. The van der Waals surface area contributed by atoms with Crippen molar-refractivity contribution in [3.63, 3.8) is 0 Å². The predicted molar refractivity (Wildman–Crippen MR) is 65.3 cm³/mol. The molecule has 0 aliphatic rings. The molecule has 0 atom stereocenters. The van der Waals surface area contributed by atoms with Gasteiger partial charge in [0.05, 0.1) is 0 Å². The molecule has 2 rings (SSSR count). The minimum atomic E-state index is 0.753. The second-order valence-electron chi connectivity index (χ2n) is 3.90. The Bertz CT molecular complexity index is 466. The zero-order chi connectivity index (χ0) is 11.4. The molecule has 0 aliphatic heterocycles. The summed E-state index contributed by atoms with van der Waals surface area (Å²) in [6, 6.07) is 6.37. The molecule has 3 heteroatoms. The number of rotatable bonds is 3. The molecule has 1 N–H and O–H groups in total. The zero-order valence-corrected chi connectivity index (χ0v) is 9.57. The van der Waals surface area contributed by atoms with Crippen LogP contribution in [0.15, 0.2) is 36.9 Å². The van der Waals surface area contributed by atoms with E-state index in [4.69, 9.17) is 0 Å². The fourth-order valence-corrected chi connectivity index (χ4v) is 1.48. The molecule has 0 unspecified atom stereocenters. The molecule has 3 nitrogen and oxygen atoms in total. The minimum Gasteiger partial charge on any atom is -0.381 e. The lowest BCUT2D eigenvalue weighted by Crippen LogP contribution is -2.00. The predicted octanol–water partition coefficient (Wildman–Crippen LogP) is 2.71. The molecular weight excluding hydrogens is 198 g/mol. The van der Waals surface area contributed by atoms with E-state index >= 15 is 0 Å². The number of nitrogens with one attached hydrogen (secondary N) is 1. The van der Waals surface area contributed by atoms with Crippen molar-refractivity contribution in [3.05, 3.63) is 53.6 Å². The Morgan fingerprint density at radius 1 is 1.06 bits per heavy atom. The van der Waals surface area contributed by atoms with E-state index in [1.807, 2.05) is 12.4 Å². The molecule has 0 spiro atoms. The van der Waals surface area contributed by atoms with Crippen molar-refractivity contribution < 1.29 is 0 Å². The number of nitrogens with zero attached hydrogens (tertiary/aromatic N) is 2. The Morgan fingerprint density at radius 3 is 2.50 bits per heavy atom. The summed E-state index contributed by atoms with van der Waals surface area (Å²) in [6.07, 6.45) is 5.18. The monoisotopic (exact) mass is 213 g/mol. The van der Waals surface area contributed by atoms with Gasteiger partial charge in [-0.15, -0.1) is 0 Å². The smallest absolute Gasteiger partial charge is 0.115 e. The summed E-state index contributed by atoms with van der Waals surface area (Å²) in [5.74, 6) is 0. The first kappa shape index (κ1) is 10.6. The number of hydrogen-bond acceptors (Lipinski definition) is 3. The second-order valence-corrected chi connectivity index (χ2v) is 3.90. The maximum absolute atomic E-state index is 3.98. The van der Waals surface area contributed by atoms with Crippen LogP contribution in [-0.4, -0.2) is 9.97 Å². The first-order valence-corrected chi connectivity index (χ1v) is 5.31. The number of aryl methyl sites for hydroxylation is 2. The van der Waals surface area contributed by atoms with Crippen LogP contribution < -0.4 is 5.32 Å². The van der Waals surface area contributed by atoms with E-state index in [0.29, 0.717) is 0 Å². The van der Waals surface area contributed by atoms with Gasteiger partial charge in [0, 0.05) is 30.2 Å². The van der Waals surface area contributed by atoms with Crippen molar-refractivity contribution >= 4 is 5.69 Å². The van der Waals surface area contributed by atoms with Crippen LogP contribution in [0.5, 0.6) is 0 Å². The van der Waals surface area contributed by atoms with Crippen LogP contribution in [0.25, 0.3) is 0 Å². The van der Waals surface area contributed by atoms with Gasteiger partial charge in [-0.2, -0.15) is 0 Å². The number of benzene rings is 1. The molecule has 0 amide bonds. The van der Waals surface area contributed by atoms with E-state index in [1.54, 1.807) is 6.33 Å². The van der Waals surface area contributed by atoms with Crippen molar-refractivity contribution in [2.75, 3.05) is 5.32 Å². The largest absolute Gasteiger partial charge is 0.381 e. The third-order valence-corrected chi connectivity index (χ3v) is 2.62. The van der Waals surface area contributed by atoms with Gasteiger partial charge in [-0.05, 0) is 37.1 Å². The van der Waals surface area contributed by atoms with Crippen LogP contribution in [0, 0.1) is 13.8 Å². The van der Waals surface area contributed by atoms with E-state index in [2.05, 4.69) is 47.3 Å². The van der Waals surface area contributed by atoms with Crippen molar-refractivity contribution in [3.8, 4) is 0 Å². The average molecular weight is 213 g/mol. The van der Waals surface area contributed by atoms with Gasteiger partial charge in [0.25, 0.3) is 0 Å². The van der Waals surface area contributed by atoms with Gasteiger partial charge in [-0.25, -0.2) is 9.97 Å². The Labute approximate surface area is 95.6 Å². The van der Waals surface area contributed by atoms with E-state index in [0.717, 1.165) is 17.8 Å². The third kappa shape index (κ3) is 2.57. The Hall–Kier alpha value is -1.90. The Morgan fingerprint density at radius 2 is 1.81 bits per heavy atom. The second kappa shape index (κ2) is 4.75. The number of hydrogen-bond donors (Lipinski definition) is 1. The molecule has 2 aromatic rings. The molecule has 0 saturated carbocycles.